The summed E-state index contributed by atoms with van der Waals surface area (Å²) in [6.45, 7) is 4.48. The van der Waals surface area contributed by atoms with Gasteiger partial charge in [-0.3, -0.25) is 14.3 Å². The van der Waals surface area contributed by atoms with Gasteiger partial charge in [-0.05, 0) is 31.5 Å². The van der Waals surface area contributed by atoms with Gasteiger partial charge in [0.1, 0.15) is 0 Å². The third-order valence-electron chi connectivity index (χ3n) is 3.08. The van der Waals surface area contributed by atoms with Crippen molar-refractivity contribution in [2.24, 2.45) is 0 Å². The fourth-order valence-electron chi connectivity index (χ4n) is 2.03. The summed E-state index contributed by atoms with van der Waals surface area (Å²) in [6.07, 6.45) is 3.82. The van der Waals surface area contributed by atoms with E-state index in [0.717, 1.165) is 11.3 Å². The van der Waals surface area contributed by atoms with Gasteiger partial charge >= 0.3 is 0 Å². The normalized spacial score (nSPS) is 10.5. The summed E-state index contributed by atoms with van der Waals surface area (Å²) >= 11 is 0. The van der Waals surface area contributed by atoms with Crippen molar-refractivity contribution >= 4 is 5.91 Å². The number of carbonyl (C=O) groups excluding carboxylic acids is 1. The number of nitrogens with zero attached hydrogens (tertiary/aromatic N) is 2. The Morgan fingerprint density at radius 3 is 2.90 bits per heavy atom. The zero-order chi connectivity index (χ0) is 14.5. The molecule has 0 aliphatic rings. The van der Waals surface area contributed by atoms with Gasteiger partial charge in [-0.2, -0.15) is 5.10 Å². The van der Waals surface area contributed by atoms with E-state index in [9.17, 15) is 9.59 Å². The van der Waals surface area contributed by atoms with Crippen LogP contribution in [0.1, 0.15) is 23.2 Å². The Morgan fingerprint density at radius 2 is 2.25 bits per heavy atom. The lowest BCUT2D eigenvalue weighted by atomic mass is 10.1. The number of pyridine rings is 1. The first kappa shape index (κ1) is 14.0. The molecule has 106 valence electrons. The first-order valence-corrected chi connectivity index (χ1v) is 6.50. The number of aromatic nitrogens is 3. The second-order valence-electron chi connectivity index (χ2n) is 4.74. The Morgan fingerprint density at radius 1 is 1.45 bits per heavy atom. The van der Waals surface area contributed by atoms with Gasteiger partial charge in [0.25, 0.3) is 5.56 Å². The topological polar surface area (TPSA) is 79.8 Å². The van der Waals surface area contributed by atoms with E-state index in [0.29, 0.717) is 18.5 Å². The Bertz CT molecular complexity index is 644. The molecule has 0 aliphatic heterocycles. The van der Waals surface area contributed by atoms with E-state index in [-0.39, 0.29) is 18.0 Å². The number of rotatable bonds is 5. The van der Waals surface area contributed by atoms with Gasteiger partial charge in [0.2, 0.25) is 5.91 Å². The monoisotopic (exact) mass is 274 g/mol. The van der Waals surface area contributed by atoms with Crippen molar-refractivity contribution in [1.82, 2.24) is 20.1 Å². The van der Waals surface area contributed by atoms with Crippen LogP contribution in [-0.2, 0) is 17.9 Å². The first-order chi connectivity index (χ1) is 9.56. The molecule has 2 rings (SSSR count). The Kier molecular flexibility index (Phi) is 4.34. The number of hydrogen-bond donors (Lipinski definition) is 2. The minimum absolute atomic E-state index is 0.0973. The molecule has 20 heavy (non-hydrogen) atoms. The highest BCUT2D eigenvalue weighted by molar-refractivity contribution is 5.75. The summed E-state index contributed by atoms with van der Waals surface area (Å²) in [7, 11) is 0. The van der Waals surface area contributed by atoms with Gasteiger partial charge in [0, 0.05) is 43.2 Å². The van der Waals surface area contributed by atoms with E-state index in [2.05, 4.69) is 15.4 Å². The largest absolute Gasteiger partial charge is 0.352 e. The third-order valence-corrected chi connectivity index (χ3v) is 3.08. The smallest absolute Gasteiger partial charge is 0.253 e. The maximum absolute atomic E-state index is 11.8. The second kappa shape index (κ2) is 6.18. The lowest BCUT2D eigenvalue weighted by molar-refractivity contribution is -0.121. The van der Waals surface area contributed by atoms with Gasteiger partial charge in [0.05, 0.1) is 0 Å². The molecule has 1 amide bonds. The third kappa shape index (κ3) is 3.57. The summed E-state index contributed by atoms with van der Waals surface area (Å²) in [5, 5.41) is 6.79. The molecule has 2 aromatic heterocycles. The molecule has 0 radical (unpaired) electrons. The van der Waals surface area contributed by atoms with Crippen molar-refractivity contribution in [2.75, 3.05) is 0 Å². The zero-order valence-electron chi connectivity index (χ0n) is 11.6. The van der Waals surface area contributed by atoms with E-state index in [4.69, 9.17) is 0 Å². The van der Waals surface area contributed by atoms with E-state index in [1.54, 1.807) is 10.9 Å². The molecule has 0 aromatic carbocycles. The summed E-state index contributed by atoms with van der Waals surface area (Å²) < 4.78 is 1.70. The van der Waals surface area contributed by atoms with Gasteiger partial charge < -0.3 is 10.3 Å². The highest BCUT2D eigenvalue weighted by Crippen LogP contribution is 2.03. The summed E-state index contributed by atoms with van der Waals surface area (Å²) in [6, 6.07) is 3.71. The molecular formula is C14H18N4O2. The molecule has 0 saturated heterocycles. The lowest BCUT2D eigenvalue weighted by Gasteiger charge is -2.08. The average molecular weight is 274 g/mol. The highest BCUT2D eigenvalue weighted by atomic mass is 16.1. The molecule has 0 fully saturated rings. The predicted octanol–water partition coefficient (Wildman–Crippen LogP) is 0.895. The maximum Gasteiger partial charge on any atom is 0.253 e. The SMILES string of the molecule is Cc1cc(C)c(CNC(=O)CCn2cccn2)c(=O)[nH]1. The molecule has 0 aliphatic carbocycles. The van der Waals surface area contributed by atoms with Crippen molar-refractivity contribution in [2.45, 2.75) is 33.4 Å². The molecule has 0 spiro atoms. The average Bonchev–Trinajstić information content (AvgIpc) is 2.88. The van der Waals surface area contributed by atoms with Crippen LogP contribution in [-0.4, -0.2) is 20.7 Å². The summed E-state index contributed by atoms with van der Waals surface area (Å²) in [5.74, 6) is -0.0973. The summed E-state index contributed by atoms with van der Waals surface area (Å²) in [5.41, 5.74) is 2.16. The zero-order valence-corrected chi connectivity index (χ0v) is 11.6. The number of aryl methyl sites for hydroxylation is 3. The standard InChI is InChI=1S/C14H18N4O2/c1-10-8-11(2)17-14(20)12(10)9-15-13(19)4-7-18-6-3-5-16-18/h3,5-6,8H,4,7,9H2,1-2H3,(H,15,19)(H,17,20). The van der Waals surface area contributed by atoms with Crippen LogP contribution >= 0.6 is 0 Å². The molecule has 6 heteroatoms. The molecule has 2 aromatic rings. The quantitative estimate of drug-likeness (QED) is 0.850. The molecule has 2 heterocycles. The van der Waals surface area contributed by atoms with Gasteiger partial charge in [-0.1, -0.05) is 0 Å². The number of amides is 1. The fraction of sp³-hybridized carbons (Fsp3) is 0.357. The summed E-state index contributed by atoms with van der Waals surface area (Å²) in [4.78, 5) is 26.3. The van der Waals surface area contributed by atoms with Crippen molar-refractivity contribution in [3.8, 4) is 0 Å². The number of hydrogen-bond acceptors (Lipinski definition) is 3. The number of H-pyrrole nitrogens is 1. The van der Waals surface area contributed by atoms with Crippen LogP contribution in [0.25, 0.3) is 0 Å². The molecular weight excluding hydrogens is 256 g/mol. The fourth-order valence-corrected chi connectivity index (χ4v) is 2.03. The van der Waals surface area contributed by atoms with Crippen molar-refractivity contribution < 1.29 is 4.79 Å². The minimum Gasteiger partial charge on any atom is -0.352 e. The highest BCUT2D eigenvalue weighted by Gasteiger charge is 2.07. The van der Waals surface area contributed by atoms with Crippen LogP contribution in [0.4, 0.5) is 0 Å². The van der Waals surface area contributed by atoms with E-state index >= 15 is 0 Å². The van der Waals surface area contributed by atoms with E-state index < -0.39 is 0 Å². The van der Waals surface area contributed by atoms with Crippen LogP contribution in [0.5, 0.6) is 0 Å². The van der Waals surface area contributed by atoms with Crippen LogP contribution in [0, 0.1) is 13.8 Å². The lowest BCUT2D eigenvalue weighted by Crippen LogP contribution is -2.28. The molecule has 0 bridgehead atoms. The van der Waals surface area contributed by atoms with Gasteiger partial charge in [-0.15, -0.1) is 0 Å². The minimum atomic E-state index is -0.144. The van der Waals surface area contributed by atoms with Gasteiger partial charge in [0.15, 0.2) is 0 Å². The number of aromatic amines is 1. The van der Waals surface area contributed by atoms with Crippen LogP contribution < -0.4 is 10.9 Å². The predicted molar refractivity (Wildman–Crippen MR) is 75.2 cm³/mol. The van der Waals surface area contributed by atoms with E-state index in [1.807, 2.05) is 32.2 Å². The molecule has 2 N–H and O–H groups in total. The Labute approximate surface area is 116 Å². The van der Waals surface area contributed by atoms with Crippen molar-refractivity contribution in [1.29, 1.82) is 0 Å². The molecule has 6 nitrogen and oxygen atoms in total. The Hall–Kier alpha value is -2.37. The second-order valence-corrected chi connectivity index (χ2v) is 4.74. The van der Waals surface area contributed by atoms with Crippen molar-refractivity contribution in [3.05, 3.63) is 51.7 Å². The van der Waals surface area contributed by atoms with Gasteiger partial charge in [-0.25, -0.2) is 0 Å². The first-order valence-electron chi connectivity index (χ1n) is 6.50. The number of carbonyl (C=O) groups is 1. The molecule has 0 saturated carbocycles. The van der Waals surface area contributed by atoms with Crippen LogP contribution in [0.15, 0.2) is 29.3 Å². The maximum atomic E-state index is 11.8. The Balaban J connectivity index is 1.89. The number of nitrogens with one attached hydrogen (secondary N) is 2. The molecule has 0 atom stereocenters. The molecule has 0 unspecified atom stereocenters. The van der Waals surface area contributed by atoms with Crippen LogP contribution in [0.2, 0.25) is 0 Å². The van der Waals surface area contributed by atoms with Crippen molar-refractivity contribution in [3.63, 3.8) is 0 Å². The van der Waals surface area contributed by atoms with Crippen LogP contribution in [0.3, 0.4) is 0 Å². The van der Waals surface area contributed by atoms with E-state index in [1.165, 1.54) is 0 Å².